The van der Waals surface area contributed by atoms with Crippen molar-refractivity contribution in [3.05, 3.63) is 70.3 Å². The number of likely N-dealkylation sites (tertiary alicyclic amines) is 1. The number of H-pyrrole nitrogens is 1. The molecule has 5 rings (SSSR count). The molecule has 1 saturated carbocycles. The SMILES string of the molecule is CC1(C)CN(C(=O)c2c[nH]nc2C2CCCCC2)CCC1(O)Cn1cnc(-c2ccccc2F)cc1=O. The van der Waals surface area contributed by atoms with Crippen LogP contribution in [0.1, 0.15) is 74.3 Å². The maximum absolute atomic E-state index is 14.2. The van der Waals surface area contributed by atoms with Crippen molar-refractivity contribution in [3.63, 3.8) is 0 Å². The van der Waals surface area contributed by atoms with Gasteiger partial charge in [0.25, 0.3) is 11.5 Å². The highest BCUT2D eigenvalue weighted by Crippen LogP contribution is 2.41. The number of carbonyl (C=O) groups is 1. The second kappa shape index (κ2) is 9.85. The molecule has 37 heavy (non-hydrogen) atoms. The predicted molar refractivity (Wildman–Crippen MR) is 138 cm³/mol. The van der Waals surface area contributed by atoms with Crippen molar-refractivity contribution in [3.8, 4) is 11.3 Å². The topological polar surface area (TPSA) is 104 Å². The molecule has 1 atom stereocenters. The summed E-state index contributed by atoms with van der Waals surface area (Å²) in [5.41, 5.74) is -0.319. The molecule has 1 amide bonds. The van der Waals surface area contributed by atoms with Crippen molar-refractivity contribution in [2.75, 3.05) is 13.1 Å². The van der Waals surface area contributed by atoms with Gasteiger partial charge in [0, 0.05) is 42.2 Å². The molecule has 2 N–H and O–H groups in total. The Labute approximate surface area is 215 Å². The smallest absolute Gasteiger partial charge is 0.257 e. The van der Waals surface area contributed by atoms with Crippen LogP contribution in [0.4, 0.5) is 4.39 Å². The van der Waals surface area contributed by atoms with Crippen LogP contribution in [0.25, 0.3) is 11.3 Å². The summed E-state index contributed by atoms with van der Waals surface area (Å²) in [6, 6.07) is 7.46. The molecule has 196 valence electrons. The van der Waals surface area contributed by atoms with Crippen LogP contribution in [0.15, 0.2) is 47.7 Å². The lowest BCUT2D eigenvalue weighted by Crippen LogP contribution is -2.60. The quantitative estimate of drug-likeness (QED) is 0.541. The molecule has 2 fully saturated rings. The van der Waals surface area contributed by atoms with Crippen LogP contribution in [0, 0.1) is 11.2 Å². The number of hydrogen-bond acceptors (Lipinski definition) is 5. The van der Waals surface area contributed by atoms with E-state index in [2.05, 4.69) is 15.2 Å². The summed E-state index contributed by atoms with van der Waals surface area (Å²) in [6.45, 7) is 4.56. The Kier molecular flexibility index (Phi) is 6.74. The van der Waals surface area contributed by atoms with E-state index in [4.69, 9.17) is 0 Å². The first kappa shape index (κ1) is 25.3. The highest BCUT2D eigenvalue weighted by atomic mass is 19.1. The van der Waals surface area contributed by atoms with Gasteiger partial charge in [0.2, 0.25) is 0 Å². The van der Waals surface area contributed by atoms with Crippen molar-refractivity contribution in [1.82, 2.24) is 24.6 Å². The number of halogens is 1. The Morgan fingerprint density at radius 2 is 1.97 bits per heavy atom. The van der Waals surface area contributed by atoms with E-state index in [1.54, 1.807) is 29.3 Å². The zero-order valence-electron chi connectivity index (χ0n) is 21.4. The van der Waals surface area contributed by atoms with Gasteiger partial charge < -0.3 is 10.0 Å². The minimum absolute atomic E-state index is 0.0322. The monoisotopic (exact) mass is 507 g/mol. The third-order valence-corrected chi connectivity index (χ3v) is 8.28. The molecule has 3 aromatic rings. The maximum atomic E-state index is 14.2. The fourth-order valence-electron chi connectivity index (χ4n) is 5.80. The number of benzene rings is 1. The molecule has 0 spiro atoms. The van der Waals surface area contributed by atoms with Gasteiger partial charge in [-0.1, -0.05) is 45.2 Å². The summed E-state index contributed by atoms with van der Waals surface area (Å²) >= 11 is 0. The van der Waals surface area contributed by atoms with Crippen LogP contribution in [0.2, 0.25) is 0 Å². The first-order valence-corrected chi connectivity index (χ1v) is 13.1. The highest BCUT2D eigenvalue weighted by Gasteiger charge is 2.49. The zero-order chi connectivity index (χ0) is 26.2. The number of aliphatic hydroxyl groups is 1. The van der Waals surface area contributed by atoms with Crippen molar-refractivity contribution in [2.45, 2.75) is 70.4 Å². The maximum Gasteiger partial charge on any atom is 0.257 e. The number of amides is 1. The first-order valence-electron chi connectivity index (χ1n) is 13.1. The summed E-state index contributed by atoms with van der Waals surface area (Å²) in [5, 5.41) is 19.0. The largest absolute Gasteiger partial charge is 0.387 e. The number of rotatable bonds is 5. The van der Waals surface area contributed by atoms with Gasteiger partial charge in [-0.05, 0) is 31.4 Å². The lowest BCUT2D eigenvalue weighted by Gasteiger charge is -2.50. The molecular formula is C28H34FN5O3. The zero-order valence-corrected chi connectivity index (χ0v) is 21.4. The average molecular weight is 508 g/mol. The lowest BCUT2D eigenvalue weighted by molar-refractivity contribution is -0.121. The summed E-state index contributed by atoms with van der Waals surface area (Å²) in [7, 11) is 0. The number of hydrogen-bond donors (Lipinski definition) is 2. The van der Waals surface area contributed by atoms with Crippen LogP contribution in [-0.4, -0.2) is 54.4 Å². The third kappa shape index (κ3) is 4.84. The van der Waals surface area contributed by atoms with Crippen LogP contribution in [-0.2, 0) is 6.54 Å². The molecule has 3 heterocycles. The Hall–Kier alpha value is -3.33. The van der Waals surface area contributed by atoms with E-state index < -0.39 is 16.8 Å². The minimum Gasteiger partial charge on any atom is -0.387 e. The summed E-state index contributed by atoms with van der Waals surface area (Å²) < 4.78 is 15.5. The third-order valence-electron chi connectivity index (χ3n) is 8.28. The molecule has 2 aliphatic rings. The number of aromatic amines is 1. The van der Waals surface area contributed by atoms with E-state index in [1.165, 1.54) is 29.4 Å². The lowest BCUT2D eigenvalue weighted by atomic mass is 9.69. The minimum atomic E-state index is -1.24. The molecule has 1 saturated heterocycles. The molecule has 1 unspecified atom stereocenters. The van der Waals surface area contributed by atoms with Crippen molar-refractivity contribution >= 4 is 5.91 Å². The number of nitrogens with one attached hydrogen (secondary N) is 1. The Morgan fingerprint density at radius 1 is 1.22 bits per heavy atom. The Bertz CT molecular complexity index is 1340. The van der Waals surface area contributed by atoms with Gasteiger partial charge in [-0.3, -0.25) is 19.3 Å². The van der Waals surface area contributed by atoms with Crippen molar-refractivity contribution in [2.24, 2.45) is 5.41 Å². The molecule has 2 aromatic heterocycles. The van der Waals surface area contributed by atoms with Gasteiger partial charge in [-0.25, -0.2) is 9.37 Å². The van der Waals surface area contributed by atoms with E-state index >= 15 is 0 Å². The van der Waals surface area contributed by atoms with Crippen LogP contribution >= 0.6 is 0 Å². The van der Waals surface area contributed by atoms with E-state index in [0.717, 1.165) is 31.4 Å². The van der Waals surface area contributed by atoms with Crippen molar-refractivity contribution < 1.29 is 14.3 Å². The van der Waals surface area contributed by atoms with E-state index in [1.807, 2.05) is 13.8 Å². The average Bonchev–Trinajstić information content (AvgIpc) is 3.37. The molecule has 1 aromatic carbocycles. The van der Waals surface area contributed by atoms with Gasteiger partial charge in [0.1, 0.15) is 5.82 Å². The first-order chi connectivity index (χ1) is 17.7. The fourth-order valence-corrected chi connectivity index (χ4v) is 5.80. The van der Waals surface area contributed by atoms with Gasteiger partial charge in [0.05, 0.1) is 35.4 Å². The fraction of sp³-hybridized carbons (Fsp3) is 0.500. The second-order valence-corrected chi connectivity index (χ2v) is 11.1. The predicted octanol–water partition coefficient (Wildman–Crippen LogP) is 4.12. The van der Waals surface area contributed by atoms with E-state index in [-0.39, 0.29) is 29.3 Å². The normalized spacial score (nSPS) is 22.2. The van der Waals surface area contributed by atoms with Gasteiger partial charge in [-0.2, -0.15) is 5.10 Å². The van der Waals surface area contributed by atoms with E-state index in [0.29, 0.717) is 31.0 Å². The molecule has 9 heteroatoms. The molecule has 1 aliphatic heterocycles. The molecule has 0 radical (unpaired) electrons. The number of piperidine rings is 1. The number of carbonyl (C=O) groups excluding carboxylic acids is 1. The van der Waals surface area contributed by atoms with Gasteiger partial charge in [-0.15, -0.1) is 0 Å². The molecule has 1 aliphatic carbocycles. The van der Waals surface area contributed by atoms with Crippen LogP contribution in [0.3, 0.4) is 0 Å². The number of nitrogens with zero attached hydrogens (tertiary/aromatic N) is 4. The summed E-state index contributed by atoms with van der Waals surface area (Å²) in [6.07, 6.45) is 9.01. The molecular weight excluding hydrogens is 473 g/mol. The number of aromatic nitrogens is 4. The molecule has 8 nitrogen and oxygen atoms in total. The van der Waals surface area contributed by atoms with Gasteiger partial charge >= 0.3 is 0 Å². The van der Waals surface area contributed by atoms with E-state index in [9.17, 15) is 19.1 Å². The summed E-state index contributed by atoms with van der Waals surface area (Å²) in [4.78, 5) is 32.5. The Morgan fingerprint density at radius 3 is 2.68 bits per heavy atom. The second-order valence-electron chi connectivity index (χ2n) is 11.1. The highest BCUT2D eigenvalue weighted by molar-refractivity contribution is 5.95. The van der Waals surface area contributed by atoms with Crippen LogP contribution in [0.5, 0.6) is 0 Å². The van der Waals surface area contributed by atoms with Crippen LogP contribution < -0.4 is 5.56 Å². The van der Waals surface area contributed by atoms with Gasteiger partial charge in [0.15, 0.2) is 0 Å². The standard InChI is InChI=1S/C28H34FN5O3/c1-27(2)16-33(26(36)21-15-31-32-25(21)19-8-4-3-5-9-19)13-12-28(27,37)17-34-18-30-23(14-24(34)35)20-10-6-7-11-22(20)29/h6-7,10-11,14-15,18-19,37H,3-5,8-9,12-13,16-17H2,1-2H3,(H,31,32). The summed E-state index contributed by atoms with van der Waals surface area (Å²) in [5.74, 6) is -0.217. The van der Waals surface area contributed by atoms with Crippen molar-refractivity contribution in [1.29, 1.82) is 0 Å². The molecule has 0 bridgehead atoms. The Balaban J connectivity index is 1.32.